The van der Waals surface area contributed by atoms with E-state index in [0.29, 0.717) is 29.1 Å². The van der Waals surface area contributed by atoms with Crippen molar-refractivity contribution in [3.63, 3.8) is 0 Å². The summed E-state index contributed by atoms with van der Waals surface area (Å²) in [6.45, 7) is 9.15. The minimum absolute atomic E-state index is 0.0391. The average Bonchev–Trinajstić information content (AvgIpc) is 3.56. The lowest BCUT2D eigenvalue weighted by Crippen LogP contribution is -2.62. The number of benzene rings is 3. The first-order valence-electron chi connectivity index (χ1n) is 20.5. The molecule has 3 saturated carbocycles. The molecule has 7 rings (SSSR count). The van der Waals surface area contributed by atoms with Crippen LogP contribution in [0.1, 0.15) is 62.0 Å². The van der Waals surface area contributed by atoms with Crippen molar-refractivity contribution in [1.82, 2.24) is 20.2 Å². The number of methoxy groups -OCH3 is 1. The van der Waals surface area contributed by atoms with E-state index in [0.717, 1.165) is 41.8 Å². The maximum Gasteiger partial charge on any atom is 0.256 e. The van der Waals surface area contributed by atoms with Crippen LogP contribution in [-0.2, 0) is 22.6 Å². The smallest absolute Gasteiger partial charge is 0.256 e. The number of hydrogen-bond donors (Lipinski definition) is 3. The molecule has 3 aromatic carbocycles. The standard InChI is InChI=1S/C46H65N5O6/c1-28-37-23-33(46(37,3)4)24-38(28)47-44(54)42-41(29(2)53)40(27-52)57-51(42)25-32-17-14-18-35(43(32)56-10)31-19-20-36(39(22-31)49(7)8)45(55)50(9)34(26-48(5)6)21-30-15-12-11-13-16-30/h11-20,22,28-29,33-34,37-38,40-42,52-53H,21,23-27H2,1-10H3,(H,47,54)/t28-,29-,33+,34-,37-,38?,40-,41-,42-/m0/s1. The summed E-state index contributed by atoms with van der Waals surface area (Å²) in [5, 5.41) is 26.3. The summed E-state index contributed by atoms with van der Waals surface area (Å²) in [5.41, 5.74) is 5.31. The Kier molecular flexibility index (Phi) is 13.1. The van der Waals surface area contributed by atoms with Crippen molar-refractivity contribution in [3.8, 4) is 16.9 Å². The lowest BCUT2D eigenvalue weighted by atomic mass is 9.45. The Labute approximate surface area is 339 Å². The Morgan fingerprint density at radius 3 is 2.33 bits per heavy atom. The summed E-state index contributed by atoms with van der Waals surface area (Å²) < 4.78 is 6.10. The molecule has 11 nitrogen and oxygen atoms in total. The van der Waals surface area contributed by atoms with Crippen molar-refractivity contribution in [2.75, 3.05) is 60.4 Å². The van der Waals surface area contributed by atoms with Crippen molar-refractivity contribution in [1.29, 1.82) is 0 Å². The molecule has 0 radical (unpaired) electrons. The number of aliphatic hydroxyl groups excluding tert-OH is 2. The molecular weight excluding hydrogens is 719 g/mol. The number of fused-ring (bicyclic) bond motifs is 2. The molecule has 2 amide bonds. The second kappa shape index (κ2) is 17.5. The predicted octanol–water partition coefficient (Wildman–Crippen LogP) is 5.33. The number of carbonyl (C=O) groups excluding carboxylic acids is 2. The summed E-state index contributed by atoms with van der Waals surface area (Å²) in [6, 6.07) is 21.2. The number of hydroxylamine groups is 2. The predicted molar refractivity (Wildman–Crippen MR) is 225 cm³/mol. The van der Waals surface area contributed by atoms with Gasteiger partial charge in [0.15, 0.2) is 0 Å². The molecule has 310 valence electrons. The molecule has 3 aliphatic carbocycles. The number of nitrogens with zero attached hydrogens (tertiary/aromatic N) is 4. The average molecular weight is 784 g/mol. The molecule has 0 spiro atoms. The van der Waals surface area contributed by atoms with Crippen LogP contribution in [0, 0.1) is 29.1 Å². The van der Waals surface area contributed by atoms with Crippen LogP contribution in [0.15, 0.2) is 66.7 Å². The normalized spacial score (nSPS) is 26.4. The van der Waals surface area contributed by atoms with Gasteiger partial charge in [0.2, 0.25) is 5.91 Å². The van der Waals surface area contributed by atoms with E-state index >= 15 is 0 Å². The Balaban J connectivity index is 1.27. The third-order valence-electron chi connectivity index (χ3n) is 13.5. The number of anilines is 1. The number of nitrogens with one attached hydrogen (secondary N) is 1. The van der Waals surface area contributed by atoms with E-state index < -0.39 is 24.2 Å². The topological polar surface area (TPSA) is 118 Å². The van der Waals surface area contributed by atoms with Crippen molar-refractivity contribution in [2.24, 2.45) is 29.1 Å². The number of rotatable bonds is 15. The molecule has 1 saturated heterocycles. The summed E-state index contributed by atoms with van der Waals surface area (Å²) in [4.78, 5) is 40.8. The molecule has 3 N–H and O–H groups in total. The summed E-state index contributed by atoms with van der Waals surface area (Å²) >= 11 is 0. The quantitative estimate of drug-likeness (QED) is 0.188. The number of ether oxygens (including phenoxy) is 1. The van der Waals surface area contributed by atoms with Crippen molar-refractivity contribution < 1.29 is 29.4 Å². The summed E-state index contributed by atoms with van der Waals surface area (Å²) in [5.74, 6) is 1.19. The lowest BCUT2D eigenvalue weighted by molar-refractivity contribution is -0.183. The maximum atomic E-state index is 14.3. The second-order valence-electron chi connectivity index (χ2n) is 17.9. The zero-order valence-corrected chi connectivity index (χ0v) is 35.6. The van der Waals surface area contributed by atoms with Crippen LogP contribution in [0.2, 0.25) is 0 Å². The van der Waals surface area contributed by atoms with Crippen LogP contribution in [-0.4, -0.2) is 123 Å². The van der Waals surface area contributed by atoms with Gasteiger partial charge in [0, 0.05) is 62.5 Å². The van der Waals surface area contributed by atoms with Crippen LogP contribution in [0.5, 0.6) is 5.75 Å². The van der Waals surface area contributed by atoms with E-state index in [-0.39, 0.29) is 42.5 Å². The first kappa shape index (κ1) is 42.6. The lowest BCUT2D eigenvalue weighted by Gasteiger charge is -2.62. The molecule has 0 aromatic heterocycles. The highest BCUT2D eigenvalue weighted by Gasteiger charge is 2.57. The Bertz CT molecular complexity index is 1870. The highest BCUT2D eigenvalue weighted by atomic mass is 16.7. The Morgan fingerprint density at radius 1 is 1.02 bits per heavy atom. The monoisotopic (exact) mass is 783 g/mol. The minimum Gasteiger partial charge on any atom is -0.496 e. The van der Waals surface area contributed by atoms with Crippen LogP contribution < -0.4 is 15.0 Å². The number of likely N-dealkylation sites (N-methyl/N-ethyl adjacent to an activating group) is 2. The van der Waals surface area contributed by atoms with E-state index in [1.54, 1.807) is 19.1 Å². The first-order chi connectivity index (χ1) is 27.1. The van der Waals surface area contributed by atoms with Gasteiger partial charge >= 0.3 is 0 Å². The van der Waals surface area contributed by atoms with Gasteiger partial charge in [0.25, 0.3) is 5.91 Å². The van der Waals surface area contributed by atoms with Gasteiger partial charge in [-0.25, -0.2) is 0 Å². The van der Waals surface area contributed by atoms with Gasteiger partial charge in [-0.15, -0.1) is 0 Å². The van der Waals surface area contributed by atoms with Crippen LogP contribution in [0.4, 0.5) is 5.69 Å². The van der Waals surface area contributed by atoms with Gasteiger partial charge < -0.3 is 35.0 Å². The highest BCUT2D eigenvalue weighted by Crippen LogP contribution is 2.61. The Morgan fingerprint density at radius 2 is 1.74 bits per heavy atom. The fourth-order valence-electron chi connectivity index (χ4n) is 10.1. The van der Waals surface area contributed by atoms with Gasteiger partial charge in [0.05, 0.1) is 31.9 Å². The van der Waals surface area contributed by atoms with Crippen LogP contribution in [0.25, 0.3) is 11.1 Å². The molecule has 1 heterocycles. The molecule has 2 bridgehead atoms. The fourth-order valence-corrected chi connectivity index (χ4v) is 10.1. The SMILES string of the molecule is COc1c(CN2O[C@@H](CO)[C@H]([C@H](C)O)[C@H]2C(=O)NC2C[C@H]3C[C@@H]([C@@H]2C)C3(C)C)cccc1-c1ccc(C(=O)N(C)[C@@H](Cc2ccccc2)CN(C)C)c(N(C)C)c1. The number of para-hydroxylation sites is 1. The third kappa shape index (κ3) is 8.59. The van der Waals surface area contributed by atoms with Gasteiger partial charge in [-0.1, -0.05) is 75.4 Å². The number of amides is 2. The van der Waals surface area contributed by atoms with E-state index in [1.807, 2.05) is 99.6 Å². The largest absolute Gasteiger partial charge is 0.496 e. The van der Waals surface area contributed by atoms with Gasteiger partial charge in [0.1, 0.15) is 17.9 Å². The van der Waals surface area contributed by atoms with E-state index in [9.17, 15) is 19.8 Å². The number of carbonyl (C=O) groups is 2. The molecule has 4 aliphatic rings. The molecule has 3 aromatic rings. The minimum atomic E-state index is -0.895. The number of hydrogen-bond acceptors (Lipinski definition) is 9. The van der Waals surface area contributed by atoms with Crippen molar-refractivity contribution in [2.45, 2.75) is 83.8 Å². The zero-order chi connectivity index (χ0) is 41.3. The number of aliphatic hydroxyl groups is 2. The molecular formula is C46H65N5O6. The molecule has 1 unspecified atom stereocenters. The summed E-state index contributed by atoms with van der Waals surface area (Å²) in [6.07, 6.45) is 1.23. The van der Waals surface area contributed by atoms with Crippen molar-refractivity contribution >= 4 is 17.5 Å². The molecule has 9 atom stereocenters. The van der Waals surface area contributed by atoms with Gasteiger partial charge in [-0.3, -0.25) is 14.4 Å². The van der Waals surface area contributed by atoms with Crippen LogP contribution in [0.3, 0.4) is 0 Å². The summed E-state index contributed by atoms with van der Waals surface area (Å²) in [7, 11) is 11.4. The first-order valence-corrected chi connectivity index (χ1v) is 20.5. The van der Waals surface area contributed by atoms with Crippen molar-refractivity contribution in [3.05, 3.63) is 83.4 Å². The van der Waals surface area contributed by atoms with Gasteiger partial charge in [-0.05, 0) is 86.7 Å². The van der Waals surface area contributed by atoms with E-state index in [2.05, 4.69) is 43.1 Å². The van der Waals surface area contributed by atoms with Gasteiger partial charge in [-0.2, -0.15) is 5.06 Å². The maximum absolute atomic E-state index is 14.3. The molecule has 1 aliphatic heterocycles. The molecule has 11 heteroatoms. The van der Waals surface area contributed by atoms with Crippen LogP contribution >= 0.6 is 0 Å². The second-order valence-corrected chi connectivity index (χ2v) is 17.9. The Hall–Kier alpha value is -4.00. The molecule has 4 fully saturated rings. The molecule has 57 heavy (non-hydrogen) atoms. The fraction of sp³-hybridized carbons (Fsp3) is 0.565. The third-order valence-corrected chi connectivity index (χ3v) is 13.5. The zero-order valence-electron chi connectivity index (χ0n) is 35.6. The van der Waals surface area contributed by atoms with E-state index in [1.165, 1.54) is 12.0 Å². The van der Waals surface area contributed by atoms with E-state index in [4.69, 9.17) is 9.57 Å². The highest BCUT2D eigenvalue weighted by molar-refractivity contribution is 6.01.